The maximum atomic E-state index is 10.3. The second-order valence-electron chi connectivity index (χ2n) is 2.78. The summed E-state index contributed by atoms with van der Waals surface area (Å²) < 4.78 is 9.13. The number of nitrogens with zero attached hydrogens (tertiary/aromatic N) is 2. The van der Waals surface area contributed by atoms with E-state index < -0.39 is 5.97 Å². The second kappa shape index (κ2) is 7.17. The topological polar surface area (TPSA) is 109 Å². The van der Waals surface area contributed by atoms with E-state index in [0.29, 0.717) is 26.4 Å². The number of carboxylic acid groups (broad SMARTS) is 1. The van der Waals surface area contributed by atoms with Crippen molar-refractivity contribution in [2.75, 3.05) is 5.73 Å². The van der Waals surface area contributed by atoms with Crippen molar-refractivity contribution >= 4 is 46.1 Å². The summed E-state index contributed by atoms with van der Waals surface area (Å²) in [6.45, 7) is 0. The van der Waals surface area contributed by atoms with Gasteiger partial charge in [-0.1, -0.05) is 22.9 Å². The molecule has 2 rings (SSSR count). The summed E-state index contributed by atoms with van der Waals surface area (Å²) in [6.07, 6.45) is 2.83. The molecule has 0 radical (unpaired) electrons. The predicted molar refractivity (Wildman–Crippen MR) is 71.2 cm³/mol. The van der Waals surface area contributed by atoms with Crippen molar-refractivity contribution in [3.05, 3.63) is 34.6 Å². The summed E-state index contributed by atoms with van der Waals surface area (Å²) in [6, 6.07) is 2.82. The van der Waals surface area contributed by atoms with Gasteiger partial charge in [0.15, 0.2) is 5.13 Å². The largest absolute Gasteiger partial charge is 0.477 e. The highest BCUT2D eigenvalue weighted by molar-refractivity contribution is 7.93. The van der Waals surface area contributed by atoms with E-state index in [0.717, 1.165) is 0 Å². The minimum atomic E-state index is -1.07. The minimum absolute atomic E-state index is 0.0252. The van der Waals surface area contributed by atoms with Crippen LogP contribution in [-0.4, -0.2) is 25.6 Å². The number of thiazole rings is 1. The Hall–Kier alpha value is -1.35. The van der Waals surface area contributed by atoms with Crippen LogP contribution in [0.1, 0.15) is 10.5 Å². The summed E-state index contributed by atoms with van der Waals surface area (Å²) >= 11 is 7.25. The number of nitrogen functional groups attached to an aromatic ring is 1. The summed E-state index contributed by atoms with van der Waals surface area (Å²) in [5, 5.41) is 8.94. The van der Waals surface area contributed by atoms with Crippen molar-refractivity contribution in [1.29, 1.82) is 0 Å². The fraction of sp³-hybridized carbons (Fsp3) is 0. The molecule has 0 saturated heterocycles. The van der Waals surface area contributed by atoms with Crippen LogP contribution in [-0.2, 0) is 0 Å². The third-order valence-electron chi connectivity index (χ3n) is 1.56. The molecule has 0 atom stereocenters. The molecular formula is C9H8ClN3O3S2. The van der Waals surface area contributed by atoms with E-state index >= 15 is 0 Å². The molecule has 0 aromatic carbocycles. The van der Waals surface area contributed by atoms with Crippen LogP contribution in [0.25, 0.3) is 0 Å². The Labute approximate surface area is 116 Å². The van der Waals surface area contributed by atoms with Crippen molar-refractivity contribution in [1.82, 2.24) is 9.97 Å². The van der Waals surface area contributed by atoms with Crippen LogP contribution in [0.3, 0.4) is 0 Å². The van der Waals surface area contributed by atoms with E-state index in [1.807, 2.05) is 0 Å². The standard InChI is InChI=1S/C6H5NO3S.C3H3ClN2S/c8-6(9)5-2-1-4(11-10)3-7-5;4-2-1-6-3(5)7-2/h1-3,10H,(H,8,9);1H,(H2,5,6). The van der Waals surface area contributed by atoms with Gasteiger partial charge in [-0.05, 0) is 12.1 Å². The zero-order valence-electron chi connectivity index (χ0n) is 8.78. The predicted octanol–water partition coefficient (Wildman–Crippen LogP) is 2.72. The fourth-order valence-electron chi connectivity index (χ4n) is 0.828. The van der Waals surface area contributed by atoms with Gasteiger partial charge in [-0.3, -0.25) is 0 Å². The Morgan fingerprint density at radius 3 is 2.39 bits per heavy atom. The molecule has 0 fully saturated rings. The van der Waals surface area contributed by atoms with Gasteiger partial charge < -0.3 is 15.4 Å². The smallest absolute Gasteiger partial charge is 0.354 e. The van der Waals surface area contributed by atoms with E-state index in [-0.39, 0.29) is 5.69 Å². The van der Waals surface area contributed by atoms with E-state index in [4.69, 9.17) is 27.0 Å². The Morgan fingerprint density at radius 2 is 2.11 bits per heavy atom. The lowest BCUT2D eigenvalue weighted by molar-refractivity contribution is 0.0690. The van der Waals surface area contributed by atoms with Gasteiger partial charge in [0, 0.05) is 18.2 Å². The monoisotopic (exact) mass is 305 g/mol. The maximum Gasteiger partial charge on any atom is 0.354 e. The highest BCUT2D eigenvalue weighted by atomic mass is 35.5. The molecule has 9 heteroatoms. The lowest BCUT2D eigenvalue weighted by Crippen LogP contribution is -1.98. The number of aromatic carboxylic acids is 1. The highest BCUT2D eigenvalue weighted by Gasteiger charge is 2.02. The van der Waals surface area contributed by atoms with Gasteiger partial charge in [-0.25, -0.2) is 14.8 Å². The van der Waals surface area contributed by atoms with E-state index in [1.165, 1.54) is 35.9 Å². The Bertz CT molecular complexity index is 502. The Balaban J connectivity index is 0.000000199. The number of hydrogen-bond donors (Lipinski definition) is 3. The first-order valence-corrected chi connectivity index (χ1v) is 6.37. The summed E-state index contributed by atoms with van der Waals surface area (Å²) in [4.78, 5) is 18.0. The van der Waals surface area contributed by atoms with Gasteiger partial charge in [-0.15, -0.1) is 0 Å². The van der Waals surface area contributed by atoms with Crippen LogP contribution in [0.15, 0.2) is 29.4 Å². The highest BCUT2D eigenvalue weighted by Crippen LogP contribution is 2.18. The zero-order chi connectivity index (χ0) is 13.5. The molecule has 0 amide bonds. The average molecular weight is 306 g/mol. The van der Waals surface area contributed by atoms with Gasteiger partial charge in [-0.2, -0.15) is 0 Å². The molecule has 0 aliphatic rings. The van der Waals surface area contributed by atoms with Crippen molar-refractivity contribution < 1.29 is 14.5 Å². The van der Waals surface area contributed by atoms with Gasteiger partial charge in [0.05, 0.1) is 11.1 Å². The normalized spacial score (nSPS) is 9.44. The van der Waals surface area contributed by atoms with E-state index in [2.05, 4.69) is 9.97 Å². The van der Waals surface area contributed by atoms with Crippen LogP contribution >= 0.6 is 35.0 Å². The first-order chi connectivity index (χ1) is 8.52. The lowest BCUT2D eigenvalue weighted by Gasteiger charge is -1.93. The first kappa shape index (κ1) is 14.7. The minimum Gasteiger partial charge on any atom is -0.477 e. The summed E-state index contributed by atoms with van der Waals surface area (Å²) in [5.41, 5.74) is 5.18. The molecule has 2 aromatic heterocycles. The zero-order valence-corrected chi connectivity index (χ0v) is 11.2. The molecule has 6 nitrogen and oxygen atoms in total. The van der Waals surface area contributed by atoms with Crippen LogP contribution in [0.4, 0.5) is 5.13 Å². The maximum absolute atomic E-state index is 10.3. The lowest BCUT2D eigenvalue weighted by atomic mass is 10.4. The van der Waals surface area contributed by atoms with Crippen LogP contribution in [0.2, 0.25) is 4.34 Å². The molecule has 0 spiro atoms. The van der Waals surface area contributed by atoms with Crippen molar-refractivity contribution in [3.63, 3.8) is 0 Å². The second-order valence-corrected chi connectivity index (χ2v) is 5.13. The van der Waals surface area contributed by atoms with Crippen LogP contribution < -0.4 is 5.73 Å². The SMILES string of the molecule is Nc1ncc(Cl)s1.O=C(O)c1ccc(SO)cn1. The summed E-state index contributed by atoms with van der Waals surface area (Å²) in [5.74, 6) is -1.07. The number of aromatic nitrogens is 2. The third kappa shape index (κ3) is 4.88. The molecule has 0 unspecified atom stereocenters. The number of carbonyl (C=O) groups is 1. The van der Waals surface area contributed by atoms with Gasteiger partial charge >= 0.3 is 5.97 Å². The third-order valence-corrected chi connectivity index (χ3v) is 2.95. The summed E-state index contributed by atoms with van der Waals surface area (Å²) in [7, 11) is 0. The van der Waals surface area contributed by atoms with E-state index in [1.54, 1.807) is 0 Å². The number of hydrogen-bond acceptors (Lipinski definition) is 7. The van der Waals surface area contributed by atoms with Crippen molar-refractivity contribution in [3.8, 4) is 0 Å². The molecule has 0 bridgehead atoms. The van der Waals surface area contributed by atoms with Gasteiger partial charge in [0.2, 0.25) is 0 Å². The molecule has 2 heterocycles. The van der Waals surface area contributed by atoms with Crippen molar-refractivity contribution in [2.45, 2.75) is 4.90 Å². The first-order valence-electron chi connectivity index (χ1n) is 4.40. The molecule has 0 aliphatic heterocycles. The van der Waals surface area contributed by atoms with Gasteiger partial charge in [0.25, 0.3) is 0 Å². The number of rotatable bonds is 2. The quantitative estimate of drug-likeness (QED) is 0.732. The number of pyridine rings is 1. The van der Waals surface area contributed by atoms with Crippen LogP contribution in [0, 0.1) is 0 Å². The van der Waals surface area contributed by atoms with Crippen molar-refractivity contribution in [2.24, 2.45) is 0 Å². The number of nitrogens with two attached hydrogens (primary N) is 1. The average Bonchev–Trinajstić information content (AvgIpc) is 2.74. The molecule has 2 aromatic rings. The molecule has 0 saturated carbocycles. The van der Waals surface area contributed by atoms with E-state index in [9.17, 15) is 4.79 Å². The molecule has 4 N–H and O–H groups in total. The molecule has 18 heavy (non-hydrogen) atoms. The van der Waals surface area contributed by atoms with Gasteiger partial charge in [0.1, 0.15) is 10.0 Å². The molecule has 0 aliphatic carbocycles. The number of halogens is 1. The Kier molecular flexibility index (Phi) is 5.86. The molecular weight excluding hydrogens is 298 g/mol. The fourth-order valence-corrected chi connectivity index (χ4v) is 1.75. The number of anilines is 1. The van der Waals surface area contributed by atoms with Crippen LogP contribution in [0.5, 0.6) is 0 Å². The molecule has 96 valence electrons. The Morgan fingerprint density at radius 1 is 1.39 bits per heavy atom. The number of carboxylic acids is 1.